The molecule has 0 aliphatic heterocycles. The number of anilines is 2. The second-order valence-electron chi connectivity index (χ2n) is 4.01. The van der Waals surface area contributed by atoms with Crippen LogP contribution in [0, 0.1) is 0 Å². The molecule has 1 aromatic rings. The number of rotatable bonds is 8. The van der Waals surface area contributed by atoms with Gasteiger partial charge in [0, 0.05) is 13.7 Å². The van der Waals surface area contributed by atoms with Gasteiger partial charge in [-0.25, -0.2) is 4.98 Å². The van der Waals surface area contributed by atoms with Crippen LogP contribution in [0.25, 0.3) is 0 Å². The van der Waals surface area contributed by atoms with Crippen molar-refractivity contribution >= 4 is 23.4 Å². The van der Waals surface area contributed by atoms with Crippen LogP contribution in [0.3, 0.4) is 0 Å². The Morgan fingerprint density at radius 2 is 2.22 bits per heavy atom. The van der Waals surface area contributed by atoms with Crippen LogP contribution in [-0.4, -0.2) is 36.3 Å². The summed E-state index contributed by atoms with van der Waals surface area (Å²) in [5, 5.41) is 6.88. The molecule has 102 valence electrons. The summed E-state index contributed by atoms with van der Waals surface area (Å²) in [6.45, 7) is 5.54. The van der Waals surface area contributed by atoms with Gasteiger partial charge in [0.25, 0.3) is 0 Å². The van der Waals surface area contributed by atoms with E-state index in [4.69, 9.17) is 16.3 Å². The molecule has 0 bridgehead atoms. The Morgan fingerprint density at radius 3 is 2.83 bits per heavy atom. The second-order valence-corrected chi connectivity index (χ2v) is 4.41. The number of nitrogens with one attached hydrogen (secondary N) is 2. The molecule has 1 atom stereocenters. The smallest absolute Gasteiger partial charge is 0.224 e. The summed E-state index contributed by atoms with van der Waals surface area (Å²) in [6.07, 6.45) is 3.68. The Labute approximate surface area is 113 Å². The van der Waals surface area contributed by atoms with Crippen molar-refractivity contribution in [1.29, 1.82) is 0 Å². The fraction of sp³-hybridized carbons (Fsp3) is 0.667. The Hall–Kier alpha value is -1.07. The van der Waals surface area contributed by atoms with E-state index in [0.29, 0.717) is 23.4 Å². The highest BCUT2D eigenvalue weighted by atomic mass is 35.5. The zero-order valence-electron chi connectivity index (χ0n) is 11.2. The van der Waals surface area contributed by atoms with Gasteiger partial charge < -0.3 is 15.4 Å². The van der Waals surface area contributed by atoms with E-state index >= 15 is 0 Å². The molecule has 0 aromatic carbocycles. The van der Waals surface area contributed by atoms with Gasteiger partial charge in [-0.05, 0) is 13.3 Å². The molecule has 18 heavy (non-hydrogen) atoms. The summed E-state index contributed by atoms with van der Waals surface area (Å²) >= 11 is 6.08. The predicted octanol–water partition coefficient (Wildman–Crippen LogP) is 2.79. The molecule has 0 fully saturated rings. The van der Waals surface area contributed by atoms with Crippen molar-refractivity contribution in [3.05, 3.63) is 11.2 Å². The third-order valence-corrected chi connectivity index (χ3v) is 2.70. The Kier molecular flexibility index (Phi) is 6.75. The lowest BCUT2D eigenvalue weighted by Crippen LogP contribution is -2.25. The van der Waals surface area contributed by atoms with Crippen LogP contribution < -0.4 is 10.6 Å². The van der Waals surface area contributed by atoms with Gasteiger partial charge in [0.2, 0.25) is 5.95 Å². The zero-order chi connectivity index (χ0) is 13.4. The van der Waals surface area contributed by atoms with Crippen LogP contribution in [0.15, 0.2) is 6.20 Å². The first-order chi connectivity index (χ1) is 8.71. The maximum absolute atomic E-state index is 6.08. The molecule has 0 aliphatic carbocycles. The van der Waals surface area contributed by atoms with E-state index in [2.05, 4.69) is 27.5 Å². The van der Waals surface area contributed by atoms with E-state index in [1.807, 2.05) is 6.92 Å². The van der Waals surface area contributed by atoms with Crippen LogP contribution in [-0.2, 0) is 4.74 Å². The molecule has 0 saturated carbocycles. The summed E-state index contributed by atoms with van der Waals surface area (Å²) < 4.78 is 5.18. The lowest BCUT2D eigenvalue weighted by molar-refractivity contribution is 0.182. The van der Waals surface area contributed by atoms with E-state index in [0.717, 1.165) is 19.4 Å². The maximum atomic E-state index is 6.08. The lowest BCUT2D eigenvalue weighted by Gasteiger charge is -2.18. The van der Waals surface area contributed by atoms with Crippen LogP contribution in [0.1, 0.15) is 26.7 Å². The fourth-order valence-electron chi connectivity index (χ4n) is 1.65. The van der Waals surface area contributed by atoms with Crippen LogP contribution in [0.2, 0.25) is 5.02 Å². The van der Waals surface area contributed by atoms with Crippen LogP contribution >= 0.6 is 11.6 Å². The summed E-state index contributed by atoms with van der Waals surface area (Å²) in [7, 11) is 1.69. The number of hydrogen-bond acceptors (Lipinski definition) is 5. The average Bonchev–Trinajstić information content (AvgIpc) is 2.34. The molecule has 0 radical (unpaired) electrons. The van der Waals surface area contributed by atoms with Crippen LogP contribution in [0.4, 0.5) is 11.8 Å². The van der Waals surface area contributed by atoms with Gasteiger partial charge in [0.1, 0.15) is 5.02 Å². The third-order valence-electron chi connectivity index (χ3n) is 2.42. The third kappa shape index (κ3) is 4.66. The summed E-state index contributed by atoms with van der Waals surface area (Å²) in [6, 6.07) is 0.210. The molecular formula is C12H21ClN4O. The van der Waals surface area contributed by atoms with Crippen molar-refractivity contribution in [2.24, 2.45) is 0 Å². The van der Waals surface area contributed by atoms with Crippen molar-refractivity contribution in [2.45, 2.75) is 32.7 Å². The van der Waals surface area contributed by atoms with Gasteiger partial charge in [-0.3, -0.25) is 0 Å². The van der Waals surface area contributed by atoms with E-state index in [-0.39, 0.29) is 6.04 Å². The normalized spacial score (nSPS) is 12.2. The molecule has 2 N–H and O–H groups in total. The Bertz CT molecular complexity index is 356. The van der Waals surface area contributed by atoms with Crippen molar-refractivity contribution < 1.29 is 4.74 Å². The largest absolute Gasteiger partial charge is 0.383 e. The minimum absolute atomic E-state index is 0.210. The van der Waals surface area contributed by atoms with Gasteiger partial charge in [-0.2, -0.15) is 4.98 Å². The second kappa shape index (κ2) is 8.11. The van der Waals surface area contributed by atoms with E-state index < -0.39 is 0 Å². The fourth-order valence-corrected chi connectivity index (χ4v) is 1.80. The molecule has 5 nitrogen and oxygen atoms in total. The van der Waals surface area contributed by atoms with Gasteiger partial charge in [-0.1, -0.05) is 24.9 Å². The average molecular weight is 273 g/mol. The zero-order valence-corrected chi connectivity index (χ0v) is 11.9. The first kappa shape index (κ1) is 15.0. The molecule has 0 aliphatic rings. The first-order valence-corrected chi connectivity index (χ1v) is 6.60. The standard InChI is InChI=1S/C12H21ClN4O/c1-4-6-9(8-18-3)16-11-10(13)7-15-12(17-11)14-5-2/h7,9H,4-6,8H2,1-3H3,(H2,14,15,16,17). The molecule has 1 aromatic heterocycles. The topological polar surface area (TPSA) is 59.1 Å². The van der Waals surface area contributed by atoms with Crippen molar-refractivity contribution in [3.63, 3.8) is 0 Å². The number of methoxy groups -OCH3 is 1. The van der Waals surface area contributed by atoms with Gasteiger partial charge in [-0.15, -0.1) is 0 Å². The lowest BCUT2D eigenvalue weighted by atomic mass is 10.2. The van der Waals surface area contributed by atoms with Crippen molar-refractivity contribution in [2.75, 3.05) is 30.9 Å². The number of ether oxygens (including phenoxy) is 1. The number of hydrogen-bond donors (Lipinski definition) is 2. The Balaban J connectivity index is 2.76. The molecule has 0 spiro atoms. The predicted molar refractivity (Wildman–Crippen MR) is 75.4 cm³/mol. The molecule has 6 heteroatoms. The molecule has 1 rings (SSSR count). The first-order valence-electron chi connectivity index (χ1n) is 6.23. The number of halogens is 1. The number of aromatic nitrogens is 2. The highest BCUT2D eigenvalue weighted by Gasteiger charge is 2.11. The molecular weight excluding hydrogens is 252 g/mol. The van der Waals surface area contributed by atoms with Crippen molar-refractivity contribution in [1.82, 2.24) is 9.97 Å². The quantitative estimate of drug-likeness (QED) is 0.762. The highest BCUT2D eigenvalue weighted by molar-refractivity contribution is 6.32. The minimum Gasteiger partial charge on any atom is -0.383 e. The van der Waals surface area contributed by atoms with E-state index in [1.165, 1.54) is 0 Å². The van der Waals surface area contributed by atoms with Crippen molar-refractivity contribution in [3.8, 4) is 0 Å². The molecule has 0 amide bonds. The minimum atomic E-state index is 0.210. The monoisotopic (exact) mass is 272 g/mol. The van der Waals surface area contributed by atoms with Crippen LogP contribution in [0.5, 0.6) is 0 Å². The molecule has 0 saturated heterocycles. The summed E-state index contributed by atoms with van der Waals surface area (Å²) in [5.74, 6) is 1.23. The summed E-state index contributed by atoms with van der Waals surface area (Å²) in [5.41, 5.74) is 0. The number of nitrogens with zero attached hydrogens (tertiary/aromatic N) is 2. The maximum Gasteiger partial charge on any atom is 0.224 e. The SMILES string of the molecule is CCCC(COC)Nc1nc(NCC)ncc1Cl. The van der Waals surface area contributed by atoms with E-state index in [1.54, 1.807) is 13.3 Å². The van der Waals surface area contributed by atoms with Gasteiger partial charge in [0.05, 0.1) is 18.8 Å². The Morgan fingerprint density at radius 1 is 1.44 bits per heavy atom. The molecule has 1 unspecified atom stereocenters. The summed E-state index contributed by atoms with van der Waals surface area (Å²) in [4.78, 5) is 8.45. The highest BCUT2D eigenvalue weighted by Crippen LogP contribution is 2.21. The van der Waals surface area contributed by atoms with Gasteiger partial charge in [0.15, 0.2) is 5.82 Å². The molecule has 1 heterocycles. The van der Waals surface area contributed by atoms with Gasteiger partial charge >= 0.3 is 0 Å². The van der Waals surface area contributed by atoms with E-state index in [9.17, 15) is 0 Å².